The summed E-state index contributed by atoms with van der Waals surface area (Å²) >= 11 is 0. The molecule has 2 rings (SSSR count). The fraction of sp³-hybridized carbons (Fsp3) is 0.350. The molecule has 10 heteroatoms. The zero-order valence-corrected chi connectivity index (χ0v) is 19.0. The monoisotopic (exact) mass is 453 g/mol. The summed E-state index contributed by atoms with van der Waals surface area (Å²) in [5, 5.41) is 2.65. The van der Waals surface area contributed by atoms with Crippen molar-refractivity contribution in [3.8, 4) is 0 Å². The lowest BCUT2D eigenvalue weighted by Crippen LogP contribution is -2.40. The molecule has 8 nitrogen and oxygen atoms in total. The van der Waals surface area contributed by atoms with Gasteiger partial charge < -0.3 is 5.32 Å². The van der Waals surface area contributed by atoms with Gasteiger partial charge in [0.25, 0.3) is 0 Å². The third-order valence-corrected chi connectivity index (χ3v) is 6.94. The van der Waals surface area contributed by atoms with Crippen molar-refractivity contribution in [2.75, 3.05) is 17.1 Å². The minimum absolute atomic E-state index is 0.0647. The lowest BCUT2D eigenvalue weighted by molar-refractivity contribution is -0.119. The highest BCUT2D eigenvalue weighted by Crippen LogP contribution is 2.21. The Morgan fingerprint density at radius 2 is 1.70 bits per heavy atom. The van der Waals surface area contributed by atoms with Gasteiger partial charge in [-0.05, 0) is 50.1 Å². The SMILES string of the molecule is Cc1ccccc1N(CC(=O)NCc1cccc(S(=O)(=O)NC(C)C)c1)S(C)(=O)=O. The van der Waals surface area contributed by atoms with Gasteiger partial charge in [0.1, 0.15) is 6.54 Å². The van der Waals surface area contributed by atoms with Crippen molar-refractivity contribution in [3.05, 3.63) is 59.7 Å². The molecule has 1 amide bonds. The van der Waals surface area contributed by atoms with Crippen molar-refractivity contribution >= 4 is 31.6 Å². The van der Waals surface area contributed by atoms with Gasteiger partial charge >= 0.3 is 0 Å². The van der Waals surface area contributed by atoms with E-state index in [4.69, 9.17) is 0 Å². The number of carbonyl (C=O) groups is 1. The van der Waals surface area contributed by atoms with Crippen LogP contribution in [-0.2, 0) is 31.4 Å². The molecule has 2 aromatic carbocycles. The van der Waals surface area contributed by atoms with Crippen LogP contribution in [0.15, 0.2) is 53.4 Å². The van der Waals surface area contributed by atoms with Crippen LogP contribution in [-0.4, -0.2) is 41.6 Å². The van der Waals surface area contributed by atoms with E-state index in [0.717, 1.165) is 16.1 Å². The minimum atomic E-state index is -3.67. The number of nitrogens with zero attached hydrogens (tertiary/aromatic N) is 1. The first-order valence-corrected chi connectivity index (χ1v) is 12.6. The van der Waals surface area contributed by atoms with E-state index < -0.39 is 26.0 Å². The Morgan fingerprint density at radius 1 is 1.03 bits per heavy atom. The molecule has 0 saturated heterocycles. The maximum absolute atomic E-state index is 12.4. The summed E-state index contributed by atoms with van der Waals surface area (Å²) in [7, 11) is -7.32. The van der Waals surface area contributed by atoms with Crippen LogP contribution in [0.1, 0.15) is 25.0 Å². The number of benzene rings is 2. The number of hydrogen-bond acceptors (Lipinski definition) is 5. The average molecular weight is 454 g/mol. The Kier molecular flexibility index (Phi) is 7.62. The maximum atomic E-state index is 12.4. The molecule has 30 heavy (non-hydrogen) atoms. The predicted octanol–water partition coefficient (Wildman–Crippen LogP) is 1.76. The number of nitrogens with one attached hydrogen (secondary N) is 2. The topological polar surface area (TPSA) is 113 Å². The van der Waals surface area contributed by atoms with Crippen molar-refractivity contribution in [1.82, 2.24) is 10.0 Å². The number of aryl methyl sites for hydroxylation is 1. The average Bonchev–Trinajstić information content (AvgIpc) is 2.63. The molecule has 0 bridgehead atoms. The normalized spacial score (nSPS) is 12.0. The van der Waals surface area contributed by atoms with Crippen molar-refractivity contribution < 1.29 is 21.6 Å². The van der Waals surface area contributed by atoms with Crippen molar-refractivity contribution in [3.63, 3.8) is 0 Å². The van der Waals surface area contributed by atoms with E-state index in [1.807, 2.05) is 0 Å². The zero-order chi connectivity index (χ0) is 22.5. The molecule has 0 radical (unpaired) electrons. The van der Waals surface area contributed by atoms with Crippen molar-refractivity contribution in [2.24, 2.45) is 0 Å². The standard InChI is InChI=1S/C20H27N3O5S2/c1-15(2)22-30(27,28)18-10-7-9-17(12-18)13-21-20(24)14-23(29(4,25)26)19-11-6-5-8-16(19)3/h5-12,15,22H,13-14H2,1-4H3,(H,21,24). The molecule has 0 aliphatic heterocycles. The Balaban J connectivity index is 2.12. The number of amides is 1. The number of carbonyl (C=O) groups excluding carboxylic acids is 1. The van der Waals surface area contributed by atoms with Crippen LogP contribution in [0, 0.1) is 6.92 Å². The largest absolute Gasteiger partial charge is 0.350 e. The van der Waals surface area contributed by atoms with Crippen LogP contribution in [0.25, 0.3) is 0 Å². The third kappa shape index (κ3) is 6.54. The fourth-order valence-electron chi connectivity index (χ4n) is 2.81. The first-order chi connectivity index (χ1) is 13.9. The van der Waals surface area contributed by atoms with Gasteiger partial charge in [0.2, 0.25) is 26.0 Å². The molecule has 0 aliphatic rings. The van der Waals surface area contributed by atoms with E-state index in [9.17, 15) is 21.6 Å². The van der Waals surface area contributed by atoms with Crippen LogP contribution in [0.2, 0.25) is 0 Å². The highest BCUT2D eigenvalue weighted by atomic mass is 32.2. The minimum Gasteiger partial charge on any atom is -0.350 e. The number of hydrogen-bond donors (Lipinski definition) is 2. The summed E-state index contributed by atoms with van der Waals surface area (Å²) in [5.74, 6) is -0.503. The third-order valence-electron chi connectivity index (χ3n) is 4.16. The quantitative estimate of drug-likeness (QED) is 0.601. The highest BCUT2D eigenvalue weighted by Gasteiger charge is 2.22. The van der Waals surface area contributed by atoms with E-state index in [1.54, 1.807) is 57.2 Å². The van der Waals surface area contributed by atoms with Crippen molar-refractivity contribution in [1.29, 1.82) is 0 Å². The van der Waals surface area contributed by atoms with Crippen LogP contribution < -0.4 is 14.3 Å². The Bertz CT molecular complexity index is 1110. The van der Waals surface area contributed by atoms with Crippen LogP contribution in [0.5, 0.6) is 0 Å². The molecule has 0 unspecified atom stereocenters. The summed E-state index contributed by atoms with van der Waals surface area (Å²) in [6.45, 7) is 4.90. The first-order valence-electron chi connectivity index (χ1n) is 9.31. The van der Waals surface area contributed by atoms with Gasteiger partial charge in [0.15, 0.2) is 0 Å². The molecule has 0 aromatic heterocycles. The highest BCUT2D eigenvalue weighted by molar-refractivity contribution is 7.92. The van der Waals surface area contributed by atoms with Gasteiger partial charge in [-0.15, -0.1) is 0 Å². The van der Waals surface area contributed by atoms with E-state index in [-0.39, 0.29) is 24.0 Å². The molecule has 164 valence electrons. The molecule has 0 spiro atoms. The van der Waals surface area contributed by atoms with Crippen LogP contribution >= 0.6 is 0 Å². The second-order valence-electron chi connectivity index (χ2n) is 7.26. The van der Waals surface area contributed by atoms with E-state index >= 15 is 0 Å². The second kappa shape index (κ2) is 9.59. The Labute approximate surface area is 178 Å². The van der Waals surface area contributed by atoms with Gasteiger partial charge in [0.05, 0.1) is 16.8 Å². The maximum Gasteiger partial charge on any atom is 0.241 e. The Morgan fingerprint density at radius 3 is 2.30 bits per heavy atom. The van der Waals surface area contributed by atoms with Gasteiger partial charge in [-0.3, -0.25) is 9.10 Å². The molecular formula is C20H27N3O5S2. The molecular weight excluding hydrogens is 426 g/mol. The molecule has 0 fully saturated rings. The lowest BCUT2D eigenvalue weighted by Gasteiger charge is -2.23. The summed E-state index contributed by atoms with van der Waals surface area (Å²) < 4.78 is 52.6. The van der Waals surface area contributed by atoms with E-state index in [0.29, 0.717) is 11.3 Å². The summed E-state index contributed by atoms with van der Waals surface area (Å²) in [4.78, 5) is 12.5. The molecule has 2 N–H and O–H groups in total. The van der Waals surface area contributed by atoms with Gasteiger partial charge in [-0.1, -0.05) is 30.3 Å². The van der Waals surface area contributed by atoms with Gasteiger partial charge in [-0.2, -0.15) is 0 Å². The second-order valence-corrected chi connectivity index (χ2v) is 10.9. The molecule has 2 aromatic rings. The van der Waals surface area contributed by atoms with Crippen LogP contribution in [0.3, 0.4) is 0 Å². The summed E-state index contributed by atoms with van der Waals surface area (Å²) in [6, 6.07) is 12.9. The number of anilines is 1. The smallest absolute Gasteiger partial charge is 0.241 e. The van der Waals surface area contributed by atoms with Crippen LogP contribution in [0.4, 0.5) is 5.69 Å². The fourth-order valence-corrected chi connectivity index (χ4v) is 5.05. The van der Waals surface area contributed by atoms with E-state index in [2.05, 4.69) is 10.0 Å². The first kappa shape index (κ1) is 23.8. The molecule has 0 saturated carbocycles. The Hall–Kier alpha value is -2.43. The zero-order valence-electron chi connectivity index (χ0n) is 17.4. The summed E-state index contributed by atoms with van der Waals surface area (Å²) in [6.07, 6.45) is 1.04. The number of sulfonamides is 2. The molecule has 0 heterocycles. The lowest BCUT2D eigenvalue weighted by atomic mass is 10.2. The van der Waals surface area contributed by atoms with Crippen molar-refractivity contribution in [2.45, 2.75) is 38.3 Å². The summed E-state index contributed by atoms with van der Waals surface area (Å²) in [5.41, 5.74) is 1.74. The van der Waals surface area contributed by atoms with Gasteiger partial charge in [-0.25, -0.2) is 21.6 Å². The van der Waals surface area contributed by atoms with Gasteiger partial charge in [0, 0.05) is 12.6 Å². The van der Waals surface area contributed by atoms with E-state index in [1.165, 1.54) is 12.1 Å². The molecule has 0 aliphatic carbocycles. The predicted molar refractivity (Wildman–Crippen MR) is 117 cm³/mol. The number of para-hydroxylation sites is 1. The molecule has 0 atom stereocenters. The number of rotatable bonds is 9.